The van der Waals surface area contributed by atoms with Gasteiger partial charge in [-0.1, -0.05) is 36.9 Å². The van der Waals surface area contributed by atoms with E-state index in [0.29, 0.717) is 28.3 Å². The van der Waals surface area contributed by atoms with Gasteiger partial charge in [0.05, 0.1) is 22.3 Å². The lowest BCUT2D eigenvalue weighted by molar-refractivity contribution is -0.118. The molecule has 0 atom stereocenters. The number of halogens is 1. The van der Waals surface area contributed by atoms with Gasteiger partial charge in [-0.3, -0.25) is 14.2 Å². The molecule has 3 rings (SSSR count). The van der Waals surface area contributed by atoms with Gasteiger partial charge in [0.1, 0.15) is 5.82 Å². The average Bonchev–Trinajstić information content (AvgIpc) is 2.64. The first-order valence-electron chi connectivity index (χ1n) is 8.27. The fraction of sp³-hybridized carbons (Fsp3) is 0.211. The van der Waals surface area contributed by atoms with E-state index in [-0.39, 0.29) is 17.2 Å². The molecule has 0 aliphatic rings. The number of fused-ring (bicyclic) bond motifs is 1. The maximum atomic E-state index is 13.7. The van der Waals surface area contributed by atoms with Crippen LogP contribution in [0.2, 0.25) is 0 Å². The third kappa shape index (κ3) is 3.94. The van der Waals surface area contributed by atoms with E-state index in [1.807, 2.05) is 6.92 Å². The van der Waals surface area contributed by atoms with Crippen molar-refractivity contribution in [1.29, 1.82) is 0 Å². The highest BCUT2D eigenvalue weighted by molar-refractivity contribution is 7.99. The average molecular weight is 371 g/mol. The molecular formula is C19H18FN3O2S. The van der Waals surface area contributed by atoms with E-state index in [9.17, 15) is 14.0 Å². The summed E-state index contributed by atoms with van der Waals surface area (Å²) in [6.07, 6.45) is 0.846. The number of para-hydroxylation sites is 1. The Hall–Kier alpha value is -2.67. The Morgan fingerprint density at radius 2 is 2.04 bits per heavy atom. The number of thioether (sulfide) groups is 1. The molecular weight excluding hydrogens is 353 g/mol. The summed E-state index contributed by atoms with van der Waals surface area (Å²) in [6.45, 7) is 2.57. The number of rotatable bonds is 6. The van der Waals surface area contributed by atoms with E-state index >= 15 is 0 Å². The van der Waals surface area contributed by atoms with Gasteiger partial charge in [0.25, 0.3) is 5.56 Å². The van der Waals surface area contributed by atoms with Crippen molar-refractivity contribution < 1.29 is 9.18 Å². The highest BCUT2D eigenvalue weighted by Gasteiger charge is 2.15. The minimum absolute atomic E-state index is 0.125. The van der Waals surface area contributed by atoms with Crippen LogP contribution in [0.4, 0.5) is 4.39 Å². The second-order valence-corrected chi connectivity index (χ2v) is 6.61. The van der Waals surface area contributed by atoms with Crippen LogP contribution in [0, 0.1) is 5.82 Å². The summed E-state index contributed by atoms with van der Waals surface area (Å²) in [6, 6.07) is 12.7. The van der Waals surface area contributed by atoms with Gasteiger partial charge in [-0.2, -0.15) is 0 Å². The van der Waals surface area contributed by atoms with Crippen LogP contribution in [-0.2, 0) is 4.79 Å². The topological polar surface area (TPSA) is 64.0 Å². The Morgan fingerprint density at radius 3 is 2.81 bits per heavy atom. The molecule has 26 heavy (non-hydrogen) atoms. The Kier molecular flexibility index (Phi) is 5.68. The van der Waals surface area contributed by atoms with Gasteiger partial charge in [0.2, 0.25) is 5.91 Å². The first-order chi connectivity index (χ1) is 12.6. The molecule has 0 saturated heterocycles. The number of nitrogens with one attached hydrogen (secondary N) is 1. The number of carbonyl (C=O) groups excluding carboxylic acids is 1. The lowest BCUT2D eigenvalue weighted by Crippen LogP contribution is -2.27. The lowest BCUT2D eigenvalue weighted by Gasteiger charge is -2.13. The molecule has 134 valence electrons. The predicted octanol–water partition coefficient (Wildman–Crippen LogP) is 3.14. The molecule has 0 fully saturated rings. The minimum Gasteiger partial charge on any atom is -0.355 e. The fourth-order valence-electron chi connectivity index (χ4n) is 2.50. The molecule has 0 unspecified atom stereocenters. The Bertz CT molecular complexity index is 1000. The zero-order chi connectivity index (χ0) is 18.5. The van der Waals surface area contributed by atoms with E-state index in [2.05, 4.69) is 10.3 Å². The van der Waals surface area contributed by atoms with Crippen LogP contribution < -0.4 is 10.9 Å². The van der Waals surface area contributed by atoms with Crippen LogP contribution in [0.1, 0.15) is 13.3 Å². The molecule has 1 amide bonds. The van der Waals surface area contributed by atoms with Crippen molar-refractivity contribution in [2.75, 3.05) is 12.3 Å². The third-order valence-corrected chi connectivity index (χ3v) is 4.65. The largest absolute Gasteiger partial charge is 0.355 e. The summed E-state index contributed by atoms with van der Waals surface area (Å²) >= 11 is 1.15. The third-order valence-electron chi connectivity index (χ3n) is 3.72. The van der Waals surface area contributed by atoms with Crippen LogP contribution in [0.25, 0.3) is 16.6 Å². The molecule has 0 saturated carbocycles. The molecule has 1 heterocycles. The normalized spacial score (nSPS) is 10.8. The van der Waals surface area contributed by atoms with Crippen molar-refractivity contribution in [2.24, 2.45) is 0 Å². The quantitative estimate of drug-likeness (QED) is 0.534. The van der Waals surface area contributed by atoms with Gasteiger partial charge in [-0.25, -0.2) is 9.37 Å². The Morgan fingerprint density at radius 1 is 1.23 bits per heavy atom. The minimum atomic E-state index is -0.445. The van der Waals surface area contributed by atoms with E-state index in [0.717, 1.165) is 18.2 Å². The van der Waals surface area contributed by atoms with Gasteiger partial charge in [0, 0.05) is 6.54 Å². The molecule has 3 aromatic rings. The number of hydrogen-bond donors (Lipinski definition) is 1. The summed E-state index contributed by atoms with van der Waals surface area (Å²) in [5, 5.41) is 3.58. The number of hydrogen-bond acceptors (Lipinski definition) is 4. The van der Waals surface area contributed by atoms with Crippen LogP contribution >= 0.6 is 11.8 Å². The van der Waals surface area contributed by atoms with E-state index in [1.54, 1.807) is 30.3 Å². The van der Waals surface area contributed by atoms with Gasteiger partial charge in [-0.15, -0.1) is 0 Å². The van der Waals surface area contributed by atoms with Crippen molar-refractivity contribution >= 4 is 28.6 Å². The monoisotopic (exact) mass is 371 g/mol. The number of aromatic nitrogens is 2. The van der Waals surface area contributed by atoms with Crippen LogP contribution in [-0.4, -0.2) is 27.8 Å². The molecule has 0 aliphatic carbocycles. The molecule has 0 radical (unpaired) electrons. The van der Waals surface area contributed by atoms with E-state index in [1.165, 1.54) is 22.8 Å². The summed E-state index contributed by atoms with van der Waals surface area (Å²) in [5.41, 5.74) is 0.629. The van der Waals surface area contributed by atoms with Gasteiger partial charge in [0.15, 0.2) is 5.16 Å². The zero-order valence-electron chi connectivity index (χ0n) is 14.2. The number of carbonyl (C=O) groups is 1. The summed E-state index contributed by atoms with van der Waals surface area (Å²) < 4.78 is 15.0. The molecule has 1 aromatic heterocycles. The van der Waals surface area contributed by atoms with Crippen molar-refractivity contribution in [1.82, 2.24) is 14.9 Å². The molecule has 0 aliphatic heterocycles. The predicted molar refractivity (Wildman–Crippen MR) is 101 cm³/mol. The van der Waals surface area contributed by atoms with Gasteiger partial charge < -0.3 is 5.32 Å². The standard InChI is InChI=1S/C19H18FN3O2S/c1-2-10-21-17(24)12-26-19-22-16-9-4-3-8-15(16)18(25)23(19)14-7-5-6-13(20)11-14/h3-9,11H,2,10,12H2,1H3,(H,21,24). The first-order valence-corrected chi connectivity index (χ1v) is 9.26. The Balaban J connectivity index is 2.06. The van der Waals surface area contributed by atoms with Crippen LogP contribution in [0.15, 0.2) is 58.5 Å². The van der Waals surface area contributed by atoms with Crippen molar-refractivity contribution in [2.45, 2.75) is 18.5 Å². The first kappa shape index (κ1) is 18.1. The van der Waals surface area contributed by atoms with Gasteiger partial charge in [-0.05, 0) is 36.8 Å². The lowest BCUT2D eigenvalue weighted by atomic mass is 10.2. The smallest absolute Gasteiger partial charge is 0.266 e. The zero-order valence-corrected chi connectivity index (χ0v) is 15.1. The molecule has 5 nitrogen and oxygen atoms in total. The van der Waals surface area contributed by atoms with Crippen molar-refractivity contribution in [3.63, 3.8) is 0 Å². The molecule has 0 bridgehead atoms. The van der Waals surface area contributed by atoms with Gasteiger partial charge >= 0.3 is 0 Å². The summed E-state index contributed by atoms with van der Waals surface area (Å²) in [7, 11) is 0. The Labute approximate surface area is 154 Å². The number of benzene rings is 2. The second kappa shape index (κ2) is 8.14. The fourth-order valence-corrected chi connectivity index (χ4v) is 3.34. The molecule has 7 heteroatoms. The highest BCUT2D eigenvalue weighted by atomic mass is 32.2. The maximum Gasteiger partial charge on any atom is 0.266 e. The maximum absolute atomic E-state index is 13.7. The second-order valence-electron chi connectivity index (χ2n) is 5.67. The number of nitrogens with zero attached hydrogens (tertiary/aromatic N) is 2. The van der Waals surface area contributed by atoms with Crippen LogP contribution in [0.3, 0.4) is 0 Å². The number of amides is 1. The molecule has 1 N–H and O–H groups in total. The SMILES string of the molecule is CCCNC(=O)CSc1nc2ccccc2c(=O)n1-c1cccc(F)c1. The molecule has 0 spiro atoms. The van der Waals surface area contributed by atoms with E-state index in [4.69, 9.17) is 0 Å². The molecule has 2 aromatic carbocycles. The summed E-state index contributed by atoms with van der Waals surface area (Å²) in [5.74, 6) is -0.454. The van der Waals surface area contributed by atoms with Crippen molar-refractivity contribution in [3.8, 4) is 5.69 Å². The highest BCUT2D eigenvalue weighted by Crippen LogP contribution is 2.21. The van der Waals surface area contributed by atoms with E-state index < -0.39 is 5.82 Å². The van der Waals surface area contributed by atoms with Crippen LogP contribution in [0.5, 0.6) is 0 Å². The summed E-state index contributed by atoms with van der Waals surface area (Å²) in [4.78, 5) is 29.4. The van der Waals surface area contributed by atoms with Crippen molar-refractivity contribution in [3.05, 3.63) is 64.7 Å².